The number of nitrogens with one attached hydrogen (secondary N) is 1. The van der Waals surface area contributed by atoms with Gasteiger partial charge in [0.2, 0.25) is 5.91 Å². The topological polar surface area (TPSA) is 149 Å². The van der Waals surface area contributed by atoms with Gasteiger partial charge >= 0.3 is 0 Å². The number of ether oxygens (including phenoxy) is 2. The van der Waals surface area contributed by atoms with Gasteiger partial charge in [-0.2, -0.15) is 0 Å². The molecular formula is C57H107NO8. The minimum absolute atomic E-state index is 0.193. The monoisotopic (exact) mass is 934 g/mol. The second-order valence-corrected chi connectivity index (χ2v) is 19.7. The van der Waals surface area contributed by atoms with Crippen molar-refractivity contribution < 1.29 is 39.8 Å². The number of hydrogen-bond donors (Lipinski definition) is 6. The van der Waals surface area contributed by atoms with Gasteiger partial charge in [-0.15, -0.1) is 0 Å². The van der Waals surface area contributed by atoms with Crippen molar-refractivity contribution in [3.05, 3.63) is 36.5 Å². The Hall–Kier alpha value is -1.59. The molecule has 0 bridgehead atoms. The first-order chi connectivity index (χ1) is 32.3. The van der Waals surface area contributed by atoms with Crippen LogP contribution < -0.4 is 5.32 Å². The summed E-state index contributed by atoms with van der Waals surface area (Å²) >= 11 is 0. The van der Waals surface area contributed by atoms with Gasteiger partial charge in [-0.1, -0.05) is 237 Å². The van der Waals surface area contributed by atoms with Crippen LogP contribution in [0.3, 0.4) is 0 Å². The lowest BCUT2D eigenvalue weighted by molar-refractivity contribution is -0.302. The normalized spacial score (nSPS) is 20.0. The smallest absolute Gasteiger partial charge is 0.220 e. The van der Waals surface area contributed by atoms with Crippen LogP contribution in [-0.2, 0) is 14.3 Å². The highest BCUT2D eigenvalue weighted by Gasteiger charge is 2.44. The molecule has 9 nitrogen and oxygen atoms in total. The maximum atomic E-state index is 13.0. The van der Waals surface area contributed by atoms with Crippen LogP contribution in [0.2, 0.25) is 0 Å². The van der Waals surface area contributed by atoms with Crippen molar-refractivity contribution in [3.8, 4) is 0 Å². The molecule has 0 aliphatic carbocycles. The molecule has 9 heteroatoms. The molecule has 1 saturated heterocycles. The molecule has 0 spiro atoms. The van der Waals surface area contributed by atoms with Crippen molar-refractivity contribution in [3.63, 3.8) is 0 Å². The fourth-order valence-electron chi connectivity index (χ4n) is 8.93. The third-order valence-corrected chi connectivity index (χ3v) is 13.4. The van der Waals surface area contributed by atoms with E-state index in [-0.39, 0.29) is 12.5 Å². The lowest BCUT2D eigenvalue weighted by Gasteiger charge is -2.40. The SMILES string of the molecule is CCCCCCCCC/C=C\CCCCCCCC(=O)NC(COC1OC(CO)C(O)C(O)C1O)C(O)/C=C/CC/C=C/CCCCCCCCCCCCCCCCCCCCCCC. The van der Waals surface area contributed by atoms with Gasteiger partial charge in [0.25, 0.3) is 0 Å². The van der Waals surface area contributed by atoms with Crippen LogP contribution in [0.15, 0.2) is 36.5 Å². The molecule has 1 rings (SSSR count). The molecule has 0 aromatic rings. The Morgan fingerprint density at radius 2 is 0.864 bits per heavy atom. The van der Waals surface area contributed by atoms with Crippen molar-refractivity contribution in [1.82, 2.24) is 5.32 Å². The van der Waals surface area contributed by atoms with E-state index in [1.54, 1.807) is 6.08 Å². The van der Waals surface area contributed by atoms with Crippen LogP contribution in [0.25, 0.3) is 0 Å². The zero-order valence-electron chi connectivity index (χ0n) is 43.0. The Kier molecular flexibility index (Phi) is 44.6. The summed E-state index contributed by atoms with van der Waals surface area (Å²) in [5, 5.41) is 54.4. The van der Waals surface area contributed by atoms with Crippen molar-refractivity contribution in [1.29, 1.82) is 0 Å². The molecule has 1 aliphatic heterocycles. The Morgan fingerprint density at radius 3 is 1.27 bits per heavy atom. The summed E-state index contributed by atoms with van der Waals surface area (Å²) in [4.78, 5) is 13.0. The van der Waals surface area contributed by atoms with E-state index in [0.717, 1.165) is 57.8 Å². The van der Waals surface area contributed by atoms with Crippen LogP contribution in [0.1, 0.15) is 264 Å². The summed E-state index contributed by atoms with van der Waals surface area (Å²) in [6, 6.07) is -0.825. The predicted molar refractivity (Wildman–Crippen MR) is 276 cm³/mol. The summed E-state index contributed by atoms with van der Waals surface area (Å²) in [6.07, 6.45) is 53.6. The summed E-state index contributed by atoms with van der Waals surface area (Å²) in [7, 11) is 0. The van der Waals surface area contributed by atoms with Crippen molar-refractivity contribution in [2.24, 2.45) is 0 Å². The first-order valence-corrected chi connectivity index (χ1v) is 28.2. The fourth-order valence-corrected chi connectivity index (χ4v) is 8.93. The molecule has 388 valence electrons. The minimum atomic E-state index is -1.57. The van der Waals surface area contributed by atoms with Gasteiger partial charge in [0.15, 0.2) is 6.29 Å². The summed E-state index contributed by atoms with van der Waals surface area (Å²) in [5.74, 6) is -0.193. The van der Waals surface area contributed by atoms with Gasteiger partial charge in [-0.05, 0) is 57.8 Å². The van der Waals surface area contributed by atoms with Gasteiger partial charge in [0.1, 0.15) is 24.4 Å². The highest BCUT2D eigenvalue weighted by molar-refractivity contribution is 5.76. The molecule has 7 unspecified atom stereocenters. The second-order valence-electron chi connectivity index (χ2n) is 19.7. The third-order valence-electron chi connectivity index (χ3n) is 13.4. The maximum Gasteiger partial charge on any atom is 0.220 e. The summed E-state index contributed by atoms with van der Waals surface area (Å²) < 4.78 is 11.2. The molecule has 66 heavy (non-hydrogen) atoms. The Bertz CT molecular complexity index is 1130. The molecule has 0 aromatic heterocycles. The van der Waals surface area contributed by atoms with Crippen LogP contribution in [0.5, 0.6) is 0 Å². The van der Waals surface area contributed by atoms with Gasteiger partial charge in [-0.25, -0.2) is 0 Å². The van der Waals surface area contributed by atoms with E-state index in [0.29, 0.717) is 6.42 Å². The van der Waals surface area contributed by atoms with Crippen molar-refractivity contribution >= 4 is 5.91 Å². The standard InChI is InChI=1S/C57H107NO8/c1-3-5-7-9-11-13-15-17-19-21-22-23-24-25-26-27-28-29-30-31-32-34-36-38-40-42-44-46-51(60)50(49-65-57-56(64)55(63)54(62)52(48-59)66-57)58-53(61)47-45-43-41-39-37-35-33-20-18-16-14-12-10-8-6-4-2/h20,33,36,38,44,46,50-52,54-57,59-60,62-64H,3-19,21-32,34-35,37,39-43,45,47-49H2,1-2H3,(H,58,61)/b33-20-,38-36+,46-44+. The van der Waals surface area contributed by atoms with Gasteiger partial charge in [0.05, 0.1) is 25.4 Å². The van der Waals surface area contributed by atoms with E-state index < -0.39 is 49.5 Å². The fraction of sp³-hybridized carbons (Fsp3) is 0.877. The summed E-state index contributed by atoms with van der Waals surface area (Å²) in [5.41, 5.74) is 0. The van der Waals surface area contributed by atoms with E-state index in [1.807, 2.05) is 6.08 Å². The first-order valence-electron chi connectivity index (χ1n) is 28.2. The average Bonchev–Trinajstić information content (AvgIpc) is 3.32. The lowest BCUT2D eigenvalue weighted by atomic mass is 9.99. The highest BCUT2D eigenvalue weighted by atomic mass is 16.7. The number of allylic oxidation sites excluding steroid dienone is 5. The van der Waals surface area contributed by atoms with E-state index in [9.17, 15) is 30.3 Å². The molecule has 6 N–H and O–H groups in total. The Labute approximate surface area is 406 Å². The van der Waals surface area contributed by atoms with Crippen molar-refractivity contribution in [2.45, 2.75) is 307 Å². The number of amides is 1. The largest absolute Gasteiger partial charge is 0.394 e. The van der Waals surface area contributed by atoms with Crippen molar-refractivity contribution in [2.75, 3.05) is 13.2 Å². The Morgan fingerprint density at radius 1 is 0.500 bits per heavy atom. The molecule has 0 aromatic carbocycles. The number of carbonyl (C=O) groups excluding carboxylic acids is 1. The zero-order chi connectivity index (χ0) is 48.0. The molecular weight excluding hydrogens is 827 g/mol. The van der Waals surface area contributed by atoms with Crippen LogP contribution in [-0.4, -0.2) is 87.5 Å². The van der Waals surface area contributed by atoms with E-state index in [2.05, 4.69) is 43.5 Å². The molecule has 1 amide bonds. The maximum absolute atomic E-state index is 13.0. The van der Waals surface area contributed by atoms with Crippen LogP contribution >= 0.6 is 0 Å². The quantitative estimate of drug-likeness (QED) is 0.0261. The number of aliphatic hydroxyl groups excluding tert-OH is 5. The van der Waals surface area contributed by atoms with E-state index in [4.69, 9.17) is 9.47 Å². The van der Waals surface area contributed by atoms with Gasteiger partial charge in [0, 0.05) is 6.42 Å². The minimum Gasteiger partial charge on any atom is -0.394 e. The molecule has 0 saturated carbocycles. The van der Waals surface area contributed by atoms with Gasteiger partial charge < -0.3 is 40.3 Å². The molecule has 1 aliphatic rings. The number of unbranched alkanes of at least 4 members (excludes halogenated alkanes) is 34. The number of rotatable bonds is 48. The highest BCUT2D eigenvalue weighted by Crippen LogP contribution is 2.23. The summed E-state index contributed by atoms with van der Waals surface area (Å²) in [6.45, 7) is 3.78. The van der Waals surface area contributed by atoms with Crippen LogP contribution in [0.4, 0.5) is 0 Å². The molecule has 0 radical (unpaired) electrons. The number of carbonyl (C=O) groups is 1. The second kappa shape index (κ2) is 47.1. The number of aliphatic hydroxyl groups is 5. The zero-order valence-corrected chi connectivity index (χ0v) is 43.0. The first kappa shape index (κ1) is 62.4. The molecule has 1 fully saturated rings. The number of hydrogen-bond acceptors (Lipinski definition) is 8. The van der Waals surface area contributed by atoms with E-state index in [1.165, 1.54) is 186 Å². The van der Waals surface area contributed by atoms with Crippen LogP contribution in [0, 0.1) is 0 Å². The van der Waals surface area contributed by atoms with E-state index >= 15 is 0 Å². The Balaban J connectivity index is 2.24. The average molecular weight is 934 g/mol. The predicted octanol–water partition coefficient (Wildman–Crippen LogP) is 13.6. The molecule has 1 heterocycles. The third kappa shape index (κ3) is 36.4. The molecule has 7 atom stereocenters. The lowest BCUT2D eigenvalue weighted by Crippen LogP contribution is -2.60. The van der Waals surface area contributed by atoms with Gasteiger partial charge in [-0.3, -0.25) is 4.79 Å².